The van der Waals surface area contributed by atoms with E-state index >= 15 is 0 Å². The SMILES string of the molecule is NCCCC[C@H]1CC(=O)NCCC(=O)NCCC(=O)NC[C@H](Cc2c[nH]c3ccccc23)C(=O)N1. The molecular formula is C25H36N6O4. The van der Waals surface area contributed by atoms with Gasteiger partial charge in [-0.25, -0.2) is 0 Å². The van der Waals surface area contributed by atoms with E-state index in [9.17, 15) is 19.2 Å². The first kappa shape index (κ1) is 26.2. The summed E-state index contributed by atoms with van der Waals surface area (Å²) in [5, 5.41) is 12.3. The van der Waals surface area contributed by atoms with Crippen molar-refractivity contribution in [3.8, 4) is 0 Å². The third-order valence-corrected chi connectivity index (χ3v) is 6.19. The van der Waals surface area contributed by atoms with Gasteiger partial charge in [0.05, 0.1) is 5.92 Å². The number of unbranched alkanes of at least 4 members (excludes halogenated alkanes) is 1. The van der Waals surface area contributed by atoms with E-state index in [0.29, 0.717) is 19.4 Å². The van der Waals surface area contributed by atoms with Crippen LogP contribution in [0.5, 0.6) is 0 Å². The van der Waals surface area contributed by atoms with E-state index in [1.807, 2.05) is 30.5 Å². The second kappa shape index (κ2) is 13.5. The smallest absolute Gasteiger partial charge is 0.225 e. The Kier molecular flexibility index (Phi) is 10.1. The molecule has 3 rings (SSSR count). The number of fused-ring (bicyclic) bond motifs is 1. The number of benzene rings is 1. The van der Waals surface area contributed by atoms with Gasteiger partial charge in [-0.05, 0) is 37.4 Å². The van der Waals surface area contributed by atoms with E-state index in [2.05, 4.69) is 26.3 Å². The number of aromatic nitrogens is 1. The first-order valence-electron chi connectivity index (χ1n) is 12.3. The molecule has 190 valence electrons. The quantitative estimate of drug-likeness (QED) is 0.329. The number of aromatic amines is 1. The number of hydrogen-bond acceptors (Lipinski definition) is 5. The van der Waals surface area contributed by atoms with Crippen LogP contribution in [0.3, 0.4) is 0 Å². The van der Waals surface area contributed by atoms with Crippen molar-refractivity contribution in [3.05, 3.63) is 36.0 Å². The zero-order valence-electron chi connectivity index (χ0n) is 20.0. The Morgan fingerprint density at radius 1 is 0.886 bits per heavy atom. The zero-order valence-corrected chi connectivity index (χ0v) is 20.0. The van der Waals surface area contributed by atoms with Crippen LogP contribution >= 0.6 is 0 Å². The Bertz CT molecular complexity index is 1020. The van der Waals surface area contributed by atoms with E-state index in [0.717, 1.165) is 29.3 Å². The molecule has 1 aliphatic rings. The molecule has 35 heavy (non-hydrogen) atoms. The van der Waals surface area contributed by atoms with Gasteiger partial charge >= 0.3 is 0 Å². The van der Waals surface area contributed by atoms with Crippen molar-refractivity contribution in [1.82, 2.24) is 26.3 Å². The van der Waals surface area contributed by atoms with Gasteiger partial charge in [-0.3, -0.25) is 19.2 Å². The molecule has 0 bridgehead atoms. The van der Waals surface area contributed by atoms with Crippen LogP contribution in [0.2, 0.25) is 0 Å². The van der Waals surface area contributed by atoms with Crippen LogP contribution in [0.1, 0.15) is 44.1 Å². The first-order valence-corrected chi connectivity index (χ1v) is 12.3. The first-order chi connectivity index (χ1) is 17.0. The summed E-state index contributed by atoms with van der Waals surface area (Å²) in [7, 11) is 0. The molecule has 0 spiro atoms. The lowest BCUT2D eigenvalue weighted by atomic mass is 9.96. The molecule has 2 atom stereocenters. The third-order valence-electron chi connectivity index (χ3n) is 6.19. The topological polar surface area (TPSA) is 158 Å². The number of rotatable bonds is 6. The molecule has 1 saturated heterocycles. The number of nitrogens with one attached hydrogen (secondary N) is 5. The largest absolute Gasteiger partial charge is 0.361 e. The van der Waals surface area contributed by atoms with Gasteiger partial charge in [0.25, 0.3) is 0 Å². The van der Waals surface area contributed by atoms with Crippen molar-refractivity contribution in [2.75, 3.05) is 26.2 Å². The van der Waals surface area contributed by atoms with Crippen LogP contribution in [0.15, 0.2) is 30.5 Å². The van der Waals surface area contributed by atoms with Crippen molar-refractivity contribution in [3.63, 3.8) is 0 Å². The number of H-pyrrole nitrogens is 1. The maximum atomic E-state index is 13.4. The minimum atomic E-state index is -0.527. The number of para-hydroxylation sites is 1. The molecule has 1 fully saturated rings. The standard InChI is InChI=1S/C25H36N6O4/c26-10-4-3-5-19-14-24(34)28-12-8-22(32)27-11-9-23(33)30-16-18(25(35)31-19)13-17-15-29-21-7-2-1-6-20(17)21/h1-2,6-7,15,18-19,29H,3-5,8-14,16,26H2,(H,27,32)(H,28,34)(H,30,33)(H,31,35)/t18-,19-/m0/s1. The van der Waals surface area contributed by atoms with Crippen molar-refractivity contribution in [2.45, 2.75) is 51.0 Å². The summed E-state index contributed by atoms with van der Waals surface area (Å²) in [6.07, 6.45) is 4.86. The molecule has 1 aromatic heterocycles. The summed E-state index contributed by atoms with van der Waals surface area (Å²) in [6, 6.07) is 7.49. The van der Waals surface area contributed by atoms with Crippen LogP contribution in [0, 0.1) is 5.92 Å². The number of nitrogens with two attached hydrogens (primary N) is 1. The maximum Gasteiger partial charge on any atom is 0.225 e. The predicted octanol–water partition coefficient (Wildman–Crippen LogP) is 0.473. The molecule has 1 aromatic carbocycles. The molecule has 4 amide bonds. The number of amides is 4. The van der Waals surface area contributed by atoms with Crippen LogP contribution in [0.25, 0.3) is 10.9 Å². The molecule has 1 aliphatic heterocycles. The lowest BCUT2D eigenvalue weighted by Gasteiger charge is -2.23. The fourth-order valence-corrected chi connectivity index (χ4v) is 4.24. The predicted molar refractivity (Wildman–Crippen MR) is 133 cm³/mol. The van der Waals surface area contributed by atoms with Crippen LogP contribution < -0.4 is 27.0 Å². The summed E-state index contributed by atoms with van der Waals surface area (Å²) in [4.78, 5) is 53.4. The molecule has 7 N–H and O–H groups in total. The maximum absolute atomic E-state index is 13.4. The van der Waals surface area contributed by atoms with E-state index in [-0.39, 0.29) is 68.6 Å². The van der Waals surface area contributed by atoms with E-state index in [1.165, 1.54) is 0 Å². The highest BCUT2D eigenvalue weighted by Crippen LogP contribution is 2.21. The molecular weight excluding hydrogens is 448 g/mol. The Morgan fingerprint density at radius 2 is 1.60 bits per heavy atom. The molecule has 0 radical (unpaired) electrons. The molecule has 10 nitrogen and oxygen atoms in total. The lowest BCUT2D eigenvalue weighted by Crippen LogP contribution is -2.46. The second-order valence-corrected chi connectivity index (χ2v) is 8.96. The fraction of sp³-hybridized carbons (Fsp3) is 0.520. The van der Waals surface area contributed by atoms with Crippen molar-refractivity contribution < 1.29 is 19.2 Å². The third kappa shape index (κ3) is 8.40. The van der Waals surface area contributed by atoms with Gasteiger partial charge in [-0.2, -0.15) is 0 Å². The molecule has 2 aromatic rings. The van der Waals surface area contributed by atoms with Crippen molar-refractivity contribution in [2.24, 2.45) is 11.7 Å². The van der Waals surface area contributed by atoms with Gasteiger partial charge in [0, 0.05) is 62.0 Å². The van der Waals surface area contributed by atoms with E-state index < -0.39 is 5.92 Å². The summed E-state index contributed by atoms with van der Waals surface area (Å²) in [6.45, 7) is 1.09. The monoisotopic (exact) mass is 484 g/mol. The molecule has 0 unspecified atom stereocenters. The fourth-order valence-electron chi connectivity index (χ4n) is 4.24. The average Bonchev–Trinajstić information content (AvgIpc) is 3.24. The summed E-state index contributed by atoms with van der Waals surface area (Å²) in [5.41, 5.74) is 7.58. The highest BCUT2D eigenvalue weighted by Gasteiger charge is 2.25. The summed E-state index contributed by atoms with van der Waals surface area (Å²) < 4.78 is 0. The summed E-state index contributed by atoms with van der Waals surface area (Å²) in [5.74, 6) is -1.41. The van der Waals surface area contributed by atoms with Crippen LogP contribution in [0.4, 0.5) is 0 Å². The Balaban J connectivity index is 1.78. The van der Waals surface area contributed by atoms with Gasteiger partial charge in [0.15, 0.2) is 0 Å². The zero-order chi connectivity index (χ0) is 25.0. The average molecular weight is 485 g/mol. The lowest BCUT2D eigenvalue weighted by molar-refractivity contribution is -0.126. The van der Waals surface area contributed by atoms with Crippen LogP contribution in [-0.4, -0.2) is 60.8 Å². The second-order valence-electron chi connectivity index (χ2n) is 8.96. The number of hydrogen-bond donors (Lipinski definition) is 6. The van der Waals surface area contributed by atoms with Gasteiger partial charge in [0.1, 0.15) is 0 Å². The van der Waals surface area contributed by atoms with Crippen molar-refractivity contribution >= 4 is 34.5 Å². The molecule has 2 heterocycles. The Labute approximate surface area is 205 Å². The summed E-state index contributed by atoms with van der Waals surface area (Å²) >= 11 is 0. The van der Waals surface area contributed by atoms with Crippen molar-refractivity contribution in [1.29, 1.82) is 0 Å². The number of carbonyl (C=O) groups excluding carboxylic acids is 4. The molecule has 0 aliphatic carbocycles. The van der Waals surface area contributed by atoms with Gasteiger partial charge in [-0.15, -0.1) is 0 Å². The highest BCUT2D eigenvalue weighted by atomic mass is 16.2. The highest BCUT2D eigenvalue weighted by molar-refractivity contribution is 5.86. The number of carbonyl (C=O) groups is 4. The van der Waals surface area contributed by atoms with E-state index in [4.69, 9.17) is 5.73 Å². The van der Waals surface area contributed by atoms with Gasteiger partial charge in [0.2, 0.25) is 23.6 Å². The van der Waals surface area contributed by atoms with Gasteiger partial charge in [-0.1, -0.05) is 24.6 Å². The Hall–Kier alpha value is -3.40. The molecule has 0 saturated carbocycles. The van der Waals surface area contributed by atoms with Crippen LogP contribution in [-0.2, 0) is 25.6 Å². The molecule has 10 heteroatoms. The van der Waals surface area contributed by atoms with Gasteiger partial charge < -0.3 is 32.0 Å². The minimum absolute atomic E-state index is 0.112. The van der Waals surface area contributed by atoms with E-state index in [1.54, 1.807) is 0 Å². The normalized spacial score (nSPS) is 21.2. The Morgan fingerprint density at radius 3 is 2.37 bits per heavy atom. The minimum Gasteiger partial charge on any atom is -0.361 e.